The Morgan fingerprint density at radius 1 is 1.40 bits per heavy atom. The molecule has 5 nitrogen and oxygen atoms in total. The fourth-order valence-corrected chi connectivity index (χ4v) is 2.36. The summed E-state index contributed by atoms with van der Waals surface area (Å²) in [5, 5.41) is 11.1. The van der Waals surface area contributed by atoms with Crippen LogP contribution in [0.2, 0.25) is 0 Å². The largest absolute Gasteiger partial charge is 0.480 e. The lowest BCUT2D eigenvalue weighted by molar-refractivity contribution is -0.186. The van der Waals surface area contributed by atoms with Crippen LogP contribution in [0.1, 0.15) is 25.7 Å². The summed E-state index contributed by atoms with van der Waals surface area (Å²) in [6, 6.07) is -1.24. The summed E-state index contributed by atoms with van der Waals surface area (Å²) in [4.78, 5) is 22.7. The number of methoxy groups -OCH3 is 1. The highest BCUT2D eigenvalue weighted by atomic mass is 19.4. The van der Waals surface area contributed by atoms with E-state index in [1.54, 1.807) is 0 Å². The number of hydrogen-bond acceptors (Lipinski definition) is 3. The van der Waals surface area contributed by atoms with Crippen molar-refractivity contribution in [3.05, 3.63) is 0 Å². The predicted molar refractivity (Wildman–Crippen MR) is 62.9 cm³/mol. The fourth-order valence-electron chi connectivity index (χ4n) is 2.36. The van der Waals surface area contributed by atoms with Crippen LogP contribution in [0.15, 0.2) is 0 Å². The maximum atomic E-state index is 12.6. The van der Waals surface area contributed by atoms with Gasteiger partial charge in [-0.15, -0.1) is 0 Å². The van der Waals surface area contributed by atoms with E-state index in [4.69, 9.17) is 5.11 Å². The normalized spacial score (nSPS) is 25.0. The SMILES string of the molecule is COCC(NC(=O)C1CCCC(C(F)(F)F)C1)C(=O)O. The molecule has 3 atom stereocenters. The van der Waals surface area contributed by atoms with Crippen molar-refractivity contribution in [2.45, 2.75) is 37.9 Å². The standard InChI is InChI=1S/C12H18F3NO4/c1-20-6-9(11(18)19)16-10(17)7-3-2-4-8(5-7)12(13,14)15/h7-9H,2-6H2,1H3,(H,16,17)(H,18,19). The second-order valence-corrected chi connectivity index (χ2v) is 4.96. The number of carboxylic acid groups (broad SMARTS) is 1. The lowest BCUT2D eigenvalue weighted by atomic mass is 9.80. The van der Waals surface area contributed by atoms with Gasteiger partial charge in [-0.25, -0.2) is 4.79 Å². The summed E-state index contributed by atoms with van der Waals surface area (Å²) in [7, 11) is 1.28. The van der Waals surface area contributed by atoms with Crippen LogP contribution >= 0.6 is 0 Å². The van der Waals surface area contributed by atoms with Gasteiger partial charge in [0.2, 0.25) is 5.91 Å². The zero-order valence-corrected chi connectivity index (χ0v) is 11.1. The molecular weight excluding hydrogens is 279 g/mol. The molecule has 0 aromatic carbocycles. The molecule has 1 rings (SSSR count). The zero-order valence-electron chi connectivity index (χ0n) is 11.1. The van der Waals surface area contributed by atoms with Crippen molar-refractivity contribution >= 4 is 11.9 Å². The number of ether oxygens (including phenoxy) is 1. The molecule has 0 bridgehead atoms. The van der Waals surface area contributed by atoms with Gasteiger partial charge in [0.05, 0.1) is 12.5 Å². The molecule has 0 aromatic heterocycles. The quantitative estimate of drug-likeness (QED) is 0.807. The van der Waals surface area contributed by atoms with E-state index in [0.29, 0.717) is 12.8 Å². The smallest absolute Gasteiger partial charge is 0.391 e. The summed E-state index contributed by atoms with van der Waals surface area (Å²) in [6.07, 6.45) is -3.91. The second-order valence-electron chi connectivity index (χ2n) is 4.96. The van der Waals surface area contributed by atoms with E-state index in [-0.39, 0.29) is 19.4 Å². The van der Waals surface area contributed by atoms with Crippen molar-refractivity contribution in [1.82, 2.24) is 5.32 Å². The minimum atomic E-state index is -4.31. The van der Waals surface area contributed by atoms with Crippen LogP contribution in [0.4, 0.5) is 13.2 Å². The van der Waals surface area contributed by atoms with Crippen LogP contribution in [0.25, 0.3) is 0 Å². The first kappa shape index (κ1) is 16.7. The zero-order chi connectivity index (χ0) is 15.3. The highest BCUT2D eigenvalue weighted by molar-refractivity contribution is 5.85. The minimum Gasteiger partial charge on any atom is -0.480 e. The summed E-state index contributed by atoms with van der Waals surface area (Å²) < 4.78 is 42.6. The lowest BCUT2D eigenvalue weighted by Crippen LogP contribution is -2.47. The molecule has 0 heterocycles. The molecule has 1 aliphatic rings. The lowest BCUT2D eigenvalue weighted by Gasteiger charge is -2.30. The molecule has 1 saturated carbocycles. The maximum Gasteiger partial charge on any atom is 0.391 e. The number of nitrogens with one attached hydrogen (secondary N) is 1. The second kappa shape index (κ2) is 6.92. The van der Waals surface area contributed by atoms with Crippen molar-refractivity contribution in [3.8, 4) is 0 Å². The first-order valence-corrected chi connectivity index (χ1v) is 6.34. The Balaban J connectivity index is 2.60. The Bertz CT molecular complexity index is 359. The average Bonchev–Trinajstić information content (AvgIpc) is 2.37. The molecule has 0 aromatic rings. The number of hydrogen-bond donors (Lipinski definition) is 2. The van der Waals surface area contributed by atoms with Gasteiger partial charge in [-0.05, 0) is 19.3 Å². The van der Waals surface area contributed by atoms with Crippen LogP contribution in [0.3, 0.4) is 0 Å². The monoisotopic (exact) mass is 297 g/mol. The Morgan fingerprint density at radius 2 is 2.05 bits per heavy atom. The molecule has 0 saturated heterocycles. The van der Waals surface area contributed by atoms with E-state index in [2.05, 4.69) is 10.1 Å². The van der Waals surface area contributed by atoms with Gasteiger partial charge in [-0.1, -0.05) is 6.42 Å². The van der Waals surface area contributed by atoms with E-state index in [9.17, 15) is 22.8 Å². The van der Waals surface area contributed by atoms with E-state index >= 15 is 0 Å². The van der Waals surface area contributed by atoms with E-state index in [1.165, 1.54) is 7.11 Å². The molecule has 1 aliphatic carbocycles. The van der Waals surface area contributed by atoms with Crippen molar-refractivity contribution in [3.63, 3.8) is 0 Å². The third-order valence-electron chi connectivity index (χ3n) is 3.46. The Morgan fingerprint density at radius 3 is 2.55 bits per heavy atom. The average molecular weight is 297 g/mol. The third kappa shape index (κ3) is 4.66. The summed E-state index contributed by atoms with van der Waals surface area (Å²) in [5.74, 6) is -4.21. The number of halogens is 3. The van der Waals surface area contributed by atoms with Gasteiger partial charge >= 0.3 is 12.1 Å². The van der Waals surface area contributed by atoms with Gasteiger partial charge in [-0.3, -0.25) is 4.79 Å². The molecule has 0 radical (unpaired) electrons. The van der Waals surface area contributed by atoms with Gasteiger partial charge in [0.15, 0.2) is 6.04 Å². The first-order valence-electron chi connectivity index (χ1n) is 6.34. The van der Waals surface area contributed by atoms with Gasteiger partial charge in [0.1, 0.15) is 0 Å². The van der Waals surface area contributed by atoms with Crippen LogP contribution < -0.4 is 5.32 Å². The molecular formula is C12H18F3NO4. The number of carbonyl (C=O) groups is 2. The summed E-state index contributed by atoms with van der Waals surface area (Å²) in [5.41, 5.74) is 0. The number of rotatable bonds is 5. The van der Waals surface area contributed by atoms with Crippen LogP contribution in [-0.2, 0) is 14.3 Å². The number of aliphatic carboxylic acids is 1. The fraction of sp³-hybridized carbons (Fsp3) is 0.833. The van der Waals surface area contributed by atoms with Crippen molar-refractivity contribution in [2.24, 2.45) is 11.8 Å². The highest BCUT2D eigenvalue weighted by Crippen LogP contribution is 2.39. The number of carboxylic acids is 1. The van der Waals surface area contributed by atoms with Crippen molar-refractivity contribution < 1.29 is 32.6 Å². The maximum absolute atomic E-state index is 12.6. The third-order valence-corrected chi connectivity index (χ3v) is 3.46. The van der Waals surface area contributed by atoms with E-state index in [1.807, 2.05) is 0 Å². The number of carbonyl (C=O) groups excluding carboxylic acids is 1. The molecule has 116 valence electrons. The topological polar surface area (TPSA) is 75.6 Å². The van der Waals surface area contributed by atoms with Gasteiger partial charge in [-0.2, -0.15) is 13.2 Å². The van der Waals surface area contributed by atoms with E-state index in [0.717, 1.165) is 0 Å². The Kier molecular flexibility index (Phi) is 5.79. The minimum absolute atomic E-state index is 0.0215. The predicted octanol–water partition coefficient (Wildman–Crippen LogP) is 1.57. The van der Waals surface area contributed by atoms with Crippen molar-refractivity contribution in [1.29, 1.82) is 0 Å². The van der Waals surface area contributed by atoms with Gasteiger partial charge in [0, 0.05) is 13.0 Å². The van der Waals surface area contributed by atoms with E-state index < -0.39 is 35.9 Å². The Hall–Kier alpha value is -1.31. The summed E-state index contributed by atoms with van der Waals surface area (Å²) >= 11 is 0. The number of alkyl halides is 3. The molecule has 1 amide bonds. The highest BCUT2D eigenvalue weighted by Gasteiger charge is 2.43. The van der Waals surface area contributed by atoms with Crippen LogP contribution in [-0.4, -0.2) is 42.9 Å². The molecule has 8 heteroatoms. The molecule has 1 fully saturated rings. The van der Waals surface area contributed by atoms with Crippen LogP contribution in [0, 0.1) is 11.8 Å². The molecule has 0 aliphatic heterocycles. The molecule has 0 spiro atoms. The van der Waals surface area contributed by atoms with Crippen LogP contribution in [0.5, 0.6) is 0 Å². The molecule has 2 N–H and O–H groups in total. The van der Waals surface area contributed by atoms with Gasteiger partial charge in [0.25, 0.3) is 0 Å². The first-order chi connectivity index (χ1) is 9.25. The number of amides is 1. The molecule has 20 heavy (non-hydrogen) atoms. The summed E-state index contributed by atoms with van der Waals surface area (Å²) in [6.45, 7) is -0.226. The molecule has 3 unspecified atom stereocenters. The van der Waals surface area contributed by atoms with Gasteiger partial charge < -0.3 is 15.2 Å². The van der Waals surface area contributed by atoms with Crippen molar-refractivity contribution in [2.75, 3.05) is 13.7 Å². The Labute approximate surface area is 114 Å².